The van der Waals surface area contributed by atoms with Crippen LogP contribution < -0.4 is 0 Å². The summed E-state index contributed by atoms with van der Waals surface area (Å²) in [6.45, 7) is 6.23. The normalized spacial score (nSPS) is 10.7. The molecule has 0 unspecified atom stereocenters. The maximum absolute atomic E-state index is 8.78. The molecule has 0 bridgehead atoms. The van der Waals surface area contributed by atoms with Gasteiger partial charge in [-0.3, -0.25) is 4.90 Å². The maximum Gasteiger partial charge on any atom is 0.104 e. The summed E-state index contributed by atoms with van der Waals surface area (Å²) in [5.74, 6) is 5.66. The molecule has 0 aliphatic rings. The number of hydrogen-bond acceptors (Lipinski definition) is 3. The molecular weight excluding hydrogens is 278 g/mol. The minimum absolute atomic E-state index is 0.0965. The first kappa shape index (κ1) is 15.8. The van der Waals surface area contributed by atoms with Crippen molar-refractivity contribution < 1.29 is 5.11 Å². The van der Waals surface area contributed by atoms with Gasteiger partial charge in [0.1, 0.15) is 6.61 Å². The van der Waals surface area contributed by atoms with Crippen molar-refractivity contribution in [2.75, 3.05) is 6.61 Å². The molecule has 0 saturated carbocycles. The monoisotopic (exact) mass is 299 g/mol. The van der Waals surface area contributed by atoms with Gasteiger partial charge in [0.25, 0.3) is 0 Å². The van der Waals surface area contributed by atoms with Gasteiger partial charge in [-0.05, 0) is 43.0 Å². The molecule has 1 aromatic carbocycles. The first-order valence-electron chi connectivity index (χ1n) is 7.14. The zero-order chi connectivity index (χ0) is 15.1. The predicted octanol–water partition coefficient (Wildman–Crippen LogP) is 3.50. The number of rotatable bonds is 5. The van der Waals surface area contributed by atoms with Crippen molar-refractivity contribution in [3.63, 3.8) is 0 Å². The SMILES string of the molecule is CC(C)N(Cc1cccc(C#CCO)c1)Cc1cccs1. The van der Waals surface area contributed by atoms with Crippen LogP contribution in [0.3, 0.4) is 0 Å². The van der Waals surface area contributed by atoms with Crippen LogP contribution in [0.4, 0.5) is 0 Å². The molecule has 0 fully saturated rings. The van der Waals surface area contributed by atoms with E-state index in [1.165, 1.54) is 10.4 Å². The van der Waals surface area contributed by atoms with Crippen molar-refractivity contribution in [1.82, 2.24) is 4.90 Å². The highest BCUT2D eigenvalue weighted by atomic mass is 32.1. The van der Waals surface area contributed by atoms with Gasteiger partial charge < -0.3 is 5.11 Å². The van der Waals surface area contributed by atoms with Crippen LogP contribution in [0.2, 0.25) is 0 Å². The summed E-state index contributed by atoms with van der Waals surface area (Å²) in [6.07, 6.45) is 0. The molecular formula is C18H21NOS. The molecule has 2 nitrogen and oxygen atoms in total. The molecule has 1 N–H and O–H groups in total. The minimum Gasteiger partial charge on any atom is -0.384 e. The summed E-state index contributed by atoms with van der Waals surface area (Å²) in [7, 11) is 0. The Kier molecular flexibility index (Phi) is 6.01. The molecule has 0 aliphatic heterocycles. The third-order valence-electron chi connectivity index (χ3n) is 3.29. The van der Waals surface area contributed by atoms with Gasteiger partial charge in [-0.15, -0.1) is 11.3 Å². The quantitative estimate of drug-likeness (QED) is 0.854. The van der Waals surface area contributed by atoms with Crippen LogP contribution in [0.5, 0.6) is 0 Å². The highest BCUT2D eigenvalue weighted by molar-refractivity contribution is 7.09. The Labute approximate surface area is 131 Å². The van der Waals surface area contributed by atoms with Crippen LogP contribution in [-0.2, 0) is 13.1 Å². The van der Waals surface area contributed by atoms with E-state index in [1.54, 1.807) is 11.3 Å². The number of nitrogens with zero attached hydrogens (tertiary/aromatic N) is 1. The van der Waals surface area contributed by atoms with Crippen molar-refractivity contribution in [1.29, 1.82) is 0 Å². The smallest absolute Gasteiger partial charge is 0.104 e. The fraction of sp³-hybridized carbons (Fsp3) is 0.333. The Hall–Kier alpha value is -1.60. The van der Waals surface area contributed by atoms with E-state index in [4.69, 9.17) is 5.11 Å². The molecule has 0 aliphatic carbocycles. The van der Waals surface area contributed by atoms with E-state index in [2.05, 4.69) is 60.2 Å². The van der Waals surface area contributed by atoms with E-state index in [0.717, 1.165) is 18.7 Å². The third-order valence-corrected chi connectivity index (χ3v) is 4.15. The van der Waals surface area contributed by atoms with Crippen molar-refractivity contribution in [3.8, 4) is 11.8 Å². The fourth-order valence-corrected chi connectivity index (χ4v) is 2.88. The van der Waals surface area contributed by atoms with Gasteiger partial charge in [-0.25, -0.2) is 0 Å². The molecule has 1 aromatic heterocycles. The van der Waals surface area contributed by atoms with Crippen LogP contribution in [0, 0.1) is 11.8 Å². The zero-order valence-corrected chi connectivity index (χ0v) is 13.4. The molecule has 0 saturated heterocycles. The van der Waals surface area contributed by atoms with Crippen LogP contribution in [0.25, 0.3) is 0 Å². The molecule has 21 heavy (non-hydrogen) atoms. The van der Waals surface area contributed by atoms with Crippen LogP contribution in [0.15, 0.2) is 41.8 Å². The van der Waals surface area contributed by atoms with Gasteiger partial charge in [0, 0.05) is 29.6 Å². The molecule has 110 valence electrons. The summed E-state index contributed by atoms with van der Waals surface area (Å²) >= 11 is 1.80. The molecule has 2 aromatic rings. The topological polar surface area (TPSA) is 23.5 Å². The predicted molar refractivity (Wildman–Crippen MR) is 89.1 cm³/mol. The van der Waals surface area contributed by atoms with Crippen molar-refractivity contribution in [3.05, 3.63) is 57.8 Å². The Morgan fingerprint density at radius 3 is 2.71 bits per heavy atom. The van der Waals surface area contributed by atoms with Crippen molar-refractivity contribution in [2.24, 2.45) is 0 Å². The number of aliphatic hydroxyl groups is 1. The average molecular weight is 299 g/mol. The van der Waals surface area contributed by atoms with E-state index in [1.807, 2.05) is 12.1 Å². The zero-order valence-electron chi connectivity index (χ0n) is 12.5. The minimum atomic E-state index is -0.0965. The second kappa shape index (κ2) is 7.99. The lowest BCUT2D eigenvalue weighted by molar-refractivity contribution is 0.205. The van der Waals surface area contributed by atoms with Gasteiger partial charge >= 0.3 is 0 Å². The molecule has 0 radical (unpaired) electrons. The van der Waals surface area contributed by atoms with Crippen LogP contribution in [-0.4, -0.2) is 22.7 Å². The second-order valence-corrected chi connectivity index (χ2v) is 6.27. The van der Waals surface area contributed by atoms with Crippen molar-refractivity contribution in [2.45, 2.75) is 33.0 Å². The van der Waals surface area contributed by atoms with Crippen molar-refractivity contribution >= 4 is 11.3 Å². The lowest BCUT2D eigenvalue weighted by Crippen LogP contribution is -2.29. The average Bonchev–Trinajstić information content (AvgIpc) is 2.98. The van der Waals surface area contributed by atoms with Crippen LogP contribution >= 0.6 is 11.3 Å². The Balaban J connectivity index is 2.09. The Morgan fingerprint density at radius 2 is 2.05 bits per heavy atom. The van der Waals surface area contributed by atoms with Gasteiger partial charge in [0.05, 0.1) is 0 Å². The lowest BCUT2D eigenvalue weighted by atomic mass is 10.1. The summed E-state index contributed by atoms with van der Waals surface area (Å²) in [5, 5.41) is 10.9. The Bertz CT molecular complexity index is 608. The van der Waals surface area contributed by atoms with E-state index >= 15 is 0 Å². The van der Waals surface area contributed by atoms with E-state index < -0.39 is 0 Å². The standard InChI is InChI=1S/C18H21NOS/c1-15(2)19(14-18-9-5-11-21-18)13-17-7-3-6-16(12-17)8-4-10-20/h3,5-7,9,11-12,15,20H,10,13-14H2,1-2H3. The first-order valence-corrected chi connectivity index (χ1v) is 8.02. The van der Waals surface area contributed by atoms with Gasteiger partial charge in [-0.1, -0.05) is 30.0 Å². The van der Waals surface area contributed by atoms with Gasteiger partial charge in [0.15, 0.2) is 0 Å². The second-order valence-electron chi connectivity index (χ2n) is 5.24. The summed E-state index contributed by atoms with van der Waals surface area (Å²) < 4.78 is 0. The fourth-order valence-electron chi connectivity index (χ4n) is 2.15. The first-order chi connectivity index (χ1) is 10.2. The number of hydrogen-bond donors (Lipinski definition) is 1. The molecule has 0 spiro atoms. The molecule has 2 rings (SSSR count). The maximum atomic E-state index is 8.78. The molecule has 0 atom stereocenters. The molecule has 1 heterocycles. The number of aliphatic hydroxyl groups excluding tert-OH is 1. The summed E-state index contributed by atoms with van der Waals surface area (Å²) in [6, 6.07) is 13.0. The highest BCUT2D eigenvalue weighted by Gasteiger charge is 2.11. The van der Waals surface area contributed by atoms with Gasteiger partial charge in [-0.2, -0.15) is 0 Å². The third kappa shape index (κ3) is 5.02. The van der Waals surface area contributed by atoms with Crippen LogP contribution in [0.1, 0.15) is 29.9 Å². The number of benzene rings is 1. The largest absolute Gasteiger partial charge is 0.384 e. The van der Waals surface area contributed by atoms with E-state index in [0.29, 0.717) is 6.04 Å². The molecule has 0 amide bonds. The highest BCUT2D eigenvalue weighted by Crippen LogP contribution is 2.17. The summed E-state index contributed by atoms with van der Waals surface area (Å²) in [4.78, 5) is 3.84. The van der Waals surface area contributed by atoms with Gasteiger partial charge in [0.2, 0.25) is 0 Å². The Morgan fingerprint density at radius 1 is 1.19 bits per heavy atom. The molecule has 3 heteroatoms. The lowest BCUT2D eigenvalue weighted by Gasteiger charge is -2.26. The summed E-state index contributed by atoms with van der Waals surface area (Å²) in [5.41, 5.74) is 2.21. The van der Waals surface area contributed by atoms with E-state index in [-0.39, 0.29) is 6.61 Å². The number of thiophene rings is 1. The van der Waals surface area contributed by atoms with E-state index in [9.17, 15) is 0 Å².